The molecule has 2 aliphatic rings. The SMILES string of the molecule is CC1SC1CC1CS1=O. The number of hydrogen-bond donors (Lipinski definition) is 0. The Hall–Kier alpha value is 0.500. The van der Waals surface area contributed by atoms with Gasteiger partial charge in [-0.2, -0.15) is 11.8 Å². The summed E-state index contributed by atoms with van der Waals surface area (Å²) in [4.78, 5) is 0. The van der Waals surface area contributed by atoms with E-state index in [1.807, 2.05) is 11.8 Å². The van der Waals surface area contributed by atoms with Gasteiger partial charge in [0, 0.05) is 32.3 Å². The first-order chi connectivity index (χ1) is 4.27. The second-order valence-corrected chi connectivity index (χ2v) is 6.17. The van der Waals surface area contributed by atoms with Crippen molar-refractivity contribution in [3.05, 3.63) is 0 Å². The highest BCUT2D eigenvalue weighted by Crippen LogP contribution is 2.46. The second kappa shape index (κ2) is 1.99. The summed E-state index contributed by atoms with van der Waals surface area (Å²) in [5.41, 5.74) is 0. The molecule has 0 aliphatic carbocycles. The van der Waals surface area contributed by atoms with Gasteiger partial charge in [-0.25, -0.2) is 0 Å². The Morgan fingerprint density at radius 1 is 1.78 bits per heavy atom. The van der Waals surface area contributed by atoms with Crippen molar-refractivity contribution >= 4 is 22.6 Å². The molecule has 2 fully saturated rings. The van der Waals surface area contributed by atoms with Gasteiger partial charge < -0.3 is 0 Å². The lowest BCUT2D eigenvalue weighted by molar-refractivity contribution is 0.691. The monoisotopic (exact) mass is 162 g/mol. The van der Waals surface area contributed by atoms with Gasteiger partial charge in [0.05, 0.1) is 0 Å². The van der Waals surface area contributed by atoms with Crippen LogP contribution in [-0.4, -0.2) is 25.7 Å². The Balaban J connectivity index is 1.74. The van der Waals surface area contributed by atoms with Gasteiger partial charge in [-0.1, -0.05) is 6.92 Å². The van der Waals surface area contributed by atoms with Crippen molar-refractivity contribution in [1.29, 1.82) is 0 Å². The van der Waals surface area contributed by atoms with Crippen LogP contribution in [0.3, 0.4) is 0 Å². The Labute approximate surface area is 62.0 Å². The summed E-state index contributed by atoms with van der Waals surface area (Å²) in [7, 11) is -0.408. The third-order valence-corrected chi connectivity index (χ3v) is 4.74. The average Bonchev–Trinajstić information content (AvgIpc) is 2.59. The predicted molar refractivity (Wildman–Crippen MR) is 42.3 cm³/mol. The van der Waals surface area contributed by atoms with E-state index in [1.165, 1.54) is 6.42 Å². The minimum Gasteiger partial charge on any atom is -0.259 e. The third-order valence-electron chi connectivity index (χ3n) is 1.94. The molecule has 0 bridgehead atoms. The van der Waals surface area contributed by atoms with Gasteiger partial charge in [0.15, 0.2) is 0 Å². The van der Waals surface area contributed by atoms with Gasteiger partial charge in [0.1, 0.15) is 0 Å². The Bertz CT molecular complexity index is 157. The van der Waals surface area contributed by atoms with Crippen molar-refractivity contribution in [2.24, 2.45) is 0 Å². The average molecular weight is 162 g/mol. The lowest BCUT2D eigenvalue weighted by Crippen LogP contribution is -1.94. The minimum atomic E-state index is -0.408. The molecule has 3 heteroatoms. The van der Waals surface area contributed by atoms with Crippen molar-refractivity contribution in [2.75, 3.05) is 5.75 Å². The maximum absolute atomic E-state index is 10.7. The predicted octanol–water partition coefficient (Wildman–Crippen LogP) is 1.01. The van der Waals surface area contributed by atoms with Crippen LogP contribution in [0.2, 0.25) is 0 Å². The van der Waals surface area contributed by atoms with Gasteiger partial charge in [-0.3, -0.25) is 4.21 Å². The molecule has 2 saturated heterocycles. The highest BCUT2D eigenvalue weighted by Gasteiger charge is 2.42. The lowest BCUT2D eigenvalue weighted by atomic mass is 10.2. The van der Waals surface area contributed by atoms with Crippen LogP contribution in [0, 0.1) is 0 Å². The highest BCUT2D eigenvalue weighted by atomic mass is 32.2. The fraction of sp³-hybridized carbons (Fsp3) is 1.00. The molecule has 4 atom stereocenters. The summed E-state index contributed by atoms with van der Waals surface area (Å²) in [6.45, 7) is 2.25. The second-order valence-electron chi connectivity index (χ2n) is 2.78. The Kier molecular flexibility index (Phi) is 1.38. The van der Waals surface area contributed by atoms with Gasteiger partial charge in [0.2, 0.25) is 0 Å². The van der Waals surface area contributed by atoms with Gasteiger partial charge in [0.25, 0.3) is 0 Å². The molecule has 0 spiro atoms. The summed E-state index contributed by atoms with van der Waals surface area (Å²) >= 11 is 2.03. The molecule has 0 radical (unpaired) electrons. The first-order valence-corrected chi connectivity index (χ1v) is 5.62. The van der Waals surface area contributed by atoms with Crippen LogP contribution in [0.1, 0.15) is 13.3 Å². The van der Waals surface area contributed by atoms with E-state index in [0.29, 0.717) is 5.25 Å². The van der Waals surface area contributed by atoms with E-state index in [2.05, 4.69) is 6.92 Å². The molecule has 0 aromatic rings. The molecular weight excluding hydrogens is 152 g/mol. The van der Waals surface area contributed by atoms with E-state index in [4.69, 9.17) is 0 Å². The van der Waals surface area contributed by atoms with Crippen LogP contribution in [0.25, 0.3) is 0 Å². The van der Waals surface area contributed by atoms with E-state index in [0.717, 1.165) is 16.3 Å². The molecule has 2 heterocycles. The van der Waals surface area contributed by atoms with Crippen molar-refractivity contribution in [3.63, 3.8) is 0 Å². The van der Waals surface area contributed by atoms with Crippen molar-refractivity contribution in [1.82, 2.24) is 0 Å². The first-order valence-electron chi connectivity index (χ1n) is 3.30. The normalized spacial score (nSPS) is 55.2. The zero-order valence-corrected chi connectivity index (χ0v) is 7.00. The van der Waals surface area contributed by atoms with E-state index in [9.17, 15) is 4.21 Å². The molecule has 0 aromatic heterocycles. The Morgan fingerprint density at radius 2 is 2.33 bits per heavy atom. The van der Waals surface area contributed by atoms with E-state index in [-0.39, 0.29) is 0 Å². The fourth-order valence-electron chi connectivity index (χ4n) is 1.06. The lowest BCUT2D eigenvalue weighted by Gasteiger charge is -1.85. The standard InChI is InChI=1S/C6H10OS2/c1-4-6(8-4)2-5-3-9(5)7/h4-6H,2-3H2,1H3. The van der Waals surface area contributed by atoms with E-state index >= 15 is 0 Å². The minimum absolute atomic E-state index is 0.408. The molecule has 1 nitrogen and oxygen atoms in total. The van der Waals surface area contributed by atoms with E-state index < -0.39 is 10.8 Å². The van der Waals surface area contributed by atoms with Crippen molar-refractivity contribution < 1.29 is 4.21 Å². The third kappa shape index (κ3) is 1.32. The molecule has 52 valence electrons. The van der Waals surface area contributed by atoms with Gasteiger partial charge in [-0.15, -0.1) is 0 Å². The zero-order chi connectivity index (χ0) is 6.43. The number of thioether (sulfide) groups is 1. The fourth-order valence-corrected chi connectivity index (χ4v) is 3.11. The highest BCUT2D eigenvalue weighted by molar-refractivity contribution is 8.07. The molecule has 2 rings (SSSR count). The van der Waals surface area contributed by atoms with Crippen LogP contribution in [0.5, 0.6) is 0 Å². The summed E-state index contributed by atoms with van der Waals surface area (Å²) in [6.07, 6.45) is 1.22. The summed E-state index contributed by atoms with van der Waals surface area (Å²) in [5.74, 6) is 0.990. The van der Waals surface area contributed by atoms with Crippen LogP contribution in [-0.2, 0) is 10.8 Å². The molecular formula is C6H10OS2. The number of hydrogen-bond acceptors (Lipinski definition) is 2. The van der Waals surface area contributed by atoms with Crippen molar-refractivity contribution in [2.45, 2.75) is 29.1 Å². The smallest absolute Gasteiger partial charge is 0.0474 e. The molecule has 4 unspecified atom stereocenters. The molecule has 0 amide bonds. The van der Waals surface area contributed by atoms with Crippen molar-refractivity contribution in [3.8, 4) is 0 Å². The topological polar surface area (TPSA) is 17.1 Å². The largest absolute Gasteiger partial charge is 0.259 e. The van der Waals surface area contributed by atoms with Crippen LogP contribution < -0.4 is 0 Å². The molecule has 0 saturated carbocycles. The van der Waals surface area contributed by atoms with Crippen LogP contribution >= 0.6 is 11.8 Å². The summed E-state index contributed by atoms with van der Waals surface area (Å²) < 4.78 is 10.7. The molecule has 2 aliphatic heterocycles. The number of rotatable bonds is 2. The maximum Gasteiger partial charge on any atom is 0.0474 e. The quantitative estimate of drug-likeness (QED) is 0.564. The van der Waals surface area contributed by atoms with Gasteiger partial charge in [-0.05, 0) is 6.42 Å². The molecule has 0 N–H and O–H groups in total. The summed E-state index contributed by atoms with van der Waals surface area (Å²) in [5, 5.41) is 2.32. The first kappa shape index (κ1) is 6.23. The van der Waals surface area contributed by atoms with Crippen LogP contribution in [0.15, 0.2) is 0 Å². The summed E-state index contributed by atoms with van der Waals surface area (Å²) in [6, 6.07) is 0. The maximum atomic E-state index is 10.7. The van der Waals surface area contributed by atoms with Crippen LogP contribution in [0.4, 0.5) is 0 Å². The molecule has 0 aromatic carbocycles. The van der Waals surface area contributed by atoms with E-state index in [1.54, 1.807) is 0 Å². The zero-order valence-electron chi connectivity index (χ0n) is 5.37. The molecule has 9 heavy (non-hydrogen) atoms. The van der Waals surface area contributed by atoms with Gasteiger partial charge >= 0.3 is 0 Å². The Morgan fingerprint density at radius 3 is 2.67 bits per heavy atom.